The average molecular weight is 344 g/mol. The number of carbonyl (C=O) groups is 1. The molecule has 2 N–H and O–H groups in total. The predicted octanol–water partition coefficient (Wildman–Crippen LogP) is 0.719. The molecule has 0 aromatic heterocycles. The minimum Gasteiger partial charge on any atom is -0.454 e. The summed E-state index contributed by atoms with van der Waals surface area (Å²) in [6.07, 6.45) is 0. The Morgan fingerprint density at radius 1 is 1.35 bits per heavy atom. The molecule has 0 bridgehead atoms. The van der Waals surface area contributed by atoms with Gasteiger partial charge in [-0.1, -0.05) is 15.9 Å². The molecule has 1 aromatic carbocycles. The largest absolute Gasteiger partial charge is 0.454 e. The van der Waals surface area contributed by atoms with E-state index >= 15 is 0 Å². The Morgan fingerprint density at radius 2 is 2.05 bits per heavy atom. The summed E-state index contributed by atoms with van der Waals surface area (Å²) in [6.45, 7) is 7.08. The van der Waals surface area contributed by atoms with Crippen LogP contribution < -0.4 is 19.7 Å². The molecular weight excluding hydrogens is 324 g/mol. The third-order valence-corrected chi connectivity index (χ3v) is 4.00. The number of nitrogens with one attached hydrogen (secondary N) is 2. The van der Waals surface area contributed by atoms with Crippen LogP contribution in [0, 0.1) is 0 Å². The first-order valence-corrected chi connectivity index (χ1v) is 7.61. The molecule has 0 aliphatic carbocycles. The lowest BCUT2D eigenvalue weighted by atomic mass is 10.2. The molecule has 1 unspecified atom stereocenters. The van der Waals surface area contributed by atoms with Gasteiger partial charge in [0.1, 0.15) is 6.54 Å². The quantitative estimate of drug-likeness (QED) is 0.800. The van der Waals surface area contributed by atoms with Gasteiger partial charge in [0, 0.05) is 16.6 Å². The van der Waals surface area contributed by atoms with Gasteiger partial charge in [-0.15, -0.1) is 0 Å². The van der Waals surface area contributed by atoms with Crippen molar-refractivity contribution in [2.45, 2.75) is 20.4 Å². The van der Waals surface area contributed by atoms with Crippen LogP contribution in [-0.4, -0.2) is 32.3 Å². The van der Waals surface area contributed by atoms with Crippen LogP contribution in [0.2, 0.25) is 0 Å². The van der Waals surface area contributed by atoms with Crippen molar-refractivity contribution < 1.29 is 19.2 Å². The number of ether oxygens (including phenoxy) is 2. The van der Waals surface area contributed by atoms with E-state index in [1.165, 1.54) is 4.90 Å². The molecule has 1 amide bonds. The van der Waals surface area contributed by atoms with Crippen molar-refractivity contribution in [3.05, 3.63) is 22.2 Å². The molecule has 0 radical (unpaired) electrons. The summed E-state index contributed by atoms with van der Waals surface area (Å²) in [5.74, 6) is 1.63. The molecule has 1 aliphatic heterocycles. The normalized spacial score (nSPS) is 14.2. The van der Waals surface area contributed by atoms with Crippen molar-refractivity contribution in [1.29, 1.82) is 0 Å². The van der Waals surface area contributed by atoms with E-state index in [1.54, 1.807) is 0 Å². The Morgan fingerprint density at radius 3 is 2.70 bits per heavy atom. The Kier molecular flexibility index (Phi) is 5.25. The number of benzene rings is 1. The molecule has 1 heterocycles. The van der Waals surface area contributed by atoms with Crippen molar-refractivity contribution in [3.63, 3.8) is 0 Å². The van der Waals surface area contributed by atoms with Gasteiger partial charge in [0.2, 0.25) is 6.79 Å². The van der Waals surface area contributed by atoms with Crippen LogP contribution in [-0.2, 0) is 11.3 Å². The van der Waals surface area contributed by atoms with Gasteiger partial charge in [-0.2, -0.15) is 0 Å². The molecule has 0 spiro atoms. The SMILES string of the molecule is CCNC(=O)C[NH+](CC)Cc1cc2c(cc1Br)OCO2. The highest BCUT2D eigenvalue weighted by molar-refractivity contribution is 9.10. The number of hydrogen-bond acceptors (Lipinski definition) is 3. The summed E-state index contributed by atoms with van der Waals surface area (Å²) in [5, 5.41) is 2.84. The van der Waals surface area contributed by atoms with Crippen molar-refractivity contribution in [2.24, 2.45) is 0 Å². The molecule has 5 nitrogen and oxygen atoms in total. The number of carbonyl (C=O) groups excluding carboxylic acids is 1. The summed E-state index contributed by atoms with van der Waals surface area (Å²) in [5.41, 5.74) is 1.12. The lowest BCUT2D eigenvalue weighted by molar-refractivity contribution is -0.904. The van der Waals surface area contributed by atoms with Gasteiger partial charge in [0.15, 0.2) is 18.0 Å². The van der Waals surface area contributed by atoms with Crippen molar-refractivity contribution in [1.82, 2.24) is 5.32 Å². The van der Waals surface area contributed by atoms with Gasteiger partial charge in [0.25, 0.3) is 5.91 Å². The topological polar surface area (TPSA) is 52.0 Å². The molecule has 110 valence electrons. The third kappa shape index (κ3) is 3.64. The van der Waals surface area contributed by atoms with E-state index in [4.69, 9.17) is 9.47 Å². The molecule has 1 aromatic rings. The molecule has 0 fully saturated rings. The number of halogens is 1. The number of quaternary nitrogens is 1. The van der Waals surface area contributed by atoms with Gasteiger partial charge in [-0.3, -0.25) is 4.79 Å². The van der Waals surface area contributed by atoms with E-state index in [0.29, 0.717) is 13.1 Å². The number of fused-ring (bicyclic) bond motifs is 1. The second-order valence-electron chi connectivity index (χ2n) is 4.71. The molecule has 20 heavy (non-hydrogen) atoms. The molecule has 2 rings (SSSR count). The third-order valence-electron chi connectivity index (χ3n) is 3.27. The maximum absolute atomic E-state index is 11.7. The first-order chi connectivity index (χ1) is 9.63. The summed E-state index contributed by atoms with van der Waals surface area (Å²) in [6, 6.07) is 3.91. The zero-order chi connectivity index (χ0) is 14.5. The summed E-state index contributed by atoms with van der Waals surface area (Å²) < 4.78 is 11.7. The minimum absolute atomic E-state index is 0.0845. The van der Waals surface area contributed by atoms with Crippen LogP contribution in [0.4, 0.5) is 0 Å². The molecule has 0 saturated carbocycles. The fourth-order valence-electron chi connectivity index (χ4n) is 2.16. The van der Waals surface area contributed by atoms with Gasteiger partial charge in [-0.25, -0.2) is 0 Å². The van der Waals surface area contributed by atoms with Crippen molar-refractivity contribution in [3.8, 4) is 11.5 Å². The standard InChI is InChI=1S/C14H19BrN2O3/c1-3-16-14(18)8-17(4-2)7-10-5-12-13(6-11(10)15)20-9-19-12/h5-6H,3-4,7-9H2,1-2H3,(H,16,18)/p+1. The maximum Gasteiger partial charge on any atom is 0.275 e. The van der Waals surface area contributed by atoms with Crippen LogP contribution in [0.15, 0.2) is 16.6 Å². The average Bonchev–Trinajstić information content (AvgIpc) is 2.85. The van der Waals surface area contributed by atoms with E-state index in [2.05, 4.69) is 28.2 Å². The fraction of sp³-hybridized carbons (Fsp3) is 0.500. The fourth-order valence-corrected chi connectivity index (χ4v) is 2.63. The first-order valence-electron chi connectivity index (χ1n) is 6.82. The molecule has 6 heteroatoms. The van der Waals surface area contributed by atoms with E-state index in [9.17, 15) is 4.79 Å². The zero-order valence-corrected chi connectivity index (χ0v) is 13.4. The Labute approximate surface area is 127 Å². The van der Waals surface area contributed by atoms with Crippen LogP contribution in [0.3, 0.4) is 0 Å². The summed E-state index contributed by atoms with van der Waals surface area (Å²) in [7, 11) is 0. The highest BCUT2D eigenvalue weighted by atomic mass is 79.9. The summed E-state index contributed by atoms with van der Waals surface area (Å²) >= 11 is 3.56. The maximum atomic E-state index is 11.7. The lowest BCUT2D eigenvalue weighted by Crippen LogP contribution is -3.11. The Hall–Kier alpha value is -1.27. The monoisotopic (exact) mass is 343 g/mol. The molecule has 0 saturated heterocycles. The number of hydrogen-bond donors (Lipinski definition) is 2. The number of rotatable bonds is 6. The predicted molar refractivity (Wildman–Crippen MR) is 79.0 cm³/mol. The van der Waals surface area contributed by atoms with E-state index in [0.717, 1.165) is 34.6 Å². The Bertz CT molecular complexity index is 494. The van der Waals surface area contributed by atoms with E-state index < -0.39 is 0 Å². The van der Waals surface area contributed by atoms with E-state index in [-0.39, 0.29) is 12.7 Å². The smallest absolute Gasteiger partial charge is 0.275 e. The molecule has 1 aliphatic rings. The zero-order valence-electron chi connectivity index (χ0n) is 11.8. The summed E-state index contributed by atoms with van der Waals surface area (Å²) in [4.78, 5) is 12.9. The van der Waals surface area contributed by atoms with Gasteiger partial charge in [-0.05, 0) is 26.0 Å². The second-order valence-corrected chi connectivity index (χ2v) is 5.56. The van der Waals surface area contributed by atoms with Gasteiger partial charge in [0.05, 0.1) is 6.54 Å². The van der Waals surface area contributed by atoms with Crippen LogP contribution in [0.1, 0.15) is 19.4 Å². The van der Waals surface area contributed by atoms with Crippen LogP contribution in [0.25, 0.3) is 0 Å². The van der Waals surface area contributed by atoms with Gasteiger partial charge >= 0.3 is 0 Å². The number of likely N-dealkylation sites (N-methyl/N-ethyl adjacent to an activating group) is 2. The van der Waals surface area contributed by atoms with Crippen LogP contribution >= 0.6 is 15.9 Å². The van der Waals surface area contributed by atoms with Crippen LogP contribution in [0.5, 0.6) is 11.5 Å². The van der Waals surface area contributed by atoms with Crippen molar-refractivity contribution in [2.75, 3.05) is 26.4 Å². The highest BCUT2D eigenvalue weighted by Crippen LogP contribution is 2.36. The second kappa shape index (κ2) is 6.95. The lowest BCUT2D eigenvalue weighted by Gasteiger charge is -2.18. The van der Waals surface area contributed by atoms with E-state index in [1.807, 2.05) is 19.1 Å². The van der Waals surface area contributed by atoms with Crippen molar-refractivity contribution >= 4 is 21.8 Å². The number of amides is 1. The van der Waals surface area contributed by atoms with Gasteiger partial charge < -0.3 is 19.7 Å². The molecule has 1 atom stereocenters. The Balaban J connectivity index is 2.05. The molecular formula is C14H20BrN2O3+. The highest BCUT2D eigenvalue weighted by Gasteiger charge is 2.19. The first kappa shape index (κ1) is 15.1. The minimum atomic E-state index is 0.0845.